The van der Waals surface area contributed by atoms with E-state index in [1.165, 1.54) is 32.4 Å². The number of amides is 2. The summed E-state index contributed by atoms with van der Waals surface area (Å²) in [6, 6.07) is 9.47. The first-order chi connectivity index (χ1) is 23.0. The fourth-order valence-electron chi connectivity index (χ4n) is 8.34. The molecular formula is C38H50N6O4. The molecule has 2 saturated heterocycles. The van der Waals surface area contributed by atoms with Crippen LogP contribution in [0.2, 0.25) is 0 Å². The first-order valence-electron chi connectivity index (χ1n) is 18.3. The Bertz CT molecular complexity index is 1720. The van der Waals surface area contributed by atoms with Crippen LogP contribution in [0.15, 0.2) is 30.6 Å². The van der Waals surface area contributed by atoms with Crippen molar-refractivity contribution in [2.24, 2.45) is 0 Å². The summed E-state index contributed by atoms with van der Waals surface area (Å²) in [7, 11) is 0. The Morgan fingerprint density at radius 1 is 0.979 bits per heavy atom. The Hall–Kier alpha value is -3.66. The molecule has 0 N–H and O–H groups in total. The molecule has 8 rings (SSSR count). The van der Waals surface area contributed by atoms with Crippen molar-refractivity contribution in [1.82, 2.24) is 24.3 Å². The molecule has 10 nitrogen and oxygen atoms in total. The topological polar surface area (TPSA) is 93.0 Å². The average Bonchev–Trinajstić information content (AvgIpc) is 3.70. The summed E-state index contributed by atoms with van der Waals surface area (Å²) in [5.41, 5.74) is 4.46. The predicted octanol–water partition coefficient (Wildman–Crippen LogP) is 6.85. The Balaban J connectivity index is 1.14. The Labute approximate surface area is 283 Å². The molecule has 10 heteroatoms. The lowest BCUT2D eigenvalue weighted by Gasteiger charge is -2.48. The van der Waals surface area contributed by atoms with Crippen LogP contribution in [0.5, 0.6) is 5.88 Å². The van der Waals surface area contributed by atoms with Gasteiger partial charge in [-0.25, -0.2) is 14.8 Å². The van der Waals surface area contributed by atoms with Crippen LogP contribution in [-0.2, 0) is 14.9 Å². The quantitative estimate of drug-likeness (QED) is 0.287. The van der Waals surface area contributed by atoms with Crippen molar-refractivity contribution in [3.63, 3.8) is 0 Å². The highest BCUT2D eigenvalue weighted by molar-refractivity contribution is 6.09. The maximum Gasteiger partial charge on any atom is 0.410 e. The highest BCUT2D eigenvalue weighted by atomic mass is 16.6. The van der Waals surface area contributed by atoms with Crippen LogP contribution < -0.4 is 9.64 Å². The first-order valence-corrected chi connectivity index (χ1v) is 18.3. The molecule has 2 aliphatic carbocycles. The second-order valence-electron chi connectivity index (χ2n) is 16.1. The van der Waals surface area contributed by atoms with Crippen LogP contribution in [0, 0.1) is 0 Å². The number of rotatable bonds is 6. The number of ether oxygens (including phenoxy) is 2. The van der Waals surface area contributed by atoms with Gasteiger partial charge in [0, 0.05) is 42.5 Å². The highest BCUT2D eigenvalue weighted by Gasteiger charge is 2.56. The summed E-state index contributed by atoms with van der Waals surface area (Å²) < 4.78 is 14.2. The van der Waals surface area contributed by atoms with Crippen LogP contribution in [0.25, 0.3) is 22.3 Å². The van der Waals surface area contributed by atoms with Gasteiger partial charge in [0.25, 0.3) is 0 Å². The number of aromatic nitrogens is 3. The molecule has 2 aromatic heterocycles. The van der Waals surface area contributed by atoms with Crippen LogP contribution in [0.4, 0.5) is 10.5 Å². The van der Waals surface area contributed by atoms with Gasteiger partial charge in [-0.1, -0.05) is 18.6 Å². The van der Waals surface area contributed by atoms with Crippen LogP contribution in [0.3, 0.4) is 0 Å². The van der Waals surface area contributed by atoms with Crippen molar-refractivity contribution >= 4 is 28.7 Å². The lowest BCUT2D eigenvalue weighted by Crippen LogP contribution is -2.58. The number of benzene rings is 1. The lowest BCUT2D eigenvalue weighted by atomic mass is 9.73. The summed E-state index contributed by atoms with van der Waals surface area (Å²) in [6.45, 7) is 13.3. The van der Waals surface area contributed by atoms with E-state index in [1.54, 1.807) is 4.90 Å². The van der Waals surface area contributed by atoms with Crippen LogP contribution in [0.1, 0.15) is 104 Å². The van der Waals surface area contributed by atoms with Gasteiger partial charge in [0.15, 0.2) is 0 Å². The van der Waals surface area contributed by atoms with E-state index in [1.807, 2.05) is 27.1 Å². The minimum Gasteiger partial charge on any atom is -0.473 e. The minimum absolute atomic E-state index is 0.174. The summed E-state index contributed by atoms with van der Waals surface area (Å²) in [5, 5.41) is 0. The zero-order valence-electron chi connectivity index (χ0n) is 29.2. The van der Waals surface area contributed by atoms with E-state index in [-0.39, 0.29) is 30.2 Å². The molecular weight excluding hydrogens is 604 g/mol. The number of anilines is 1. The average molecular weight is 655 g/mol. The van der Waals surface area contributed by atoms with Gasteiger partial charge in [-0.15, -0.1) is 0 Å². The van der Waals surface area contributed by atoms with Crippen molar-refractivity contribution in [3.05, 3.63) is 36.2 Å². The normalized spacial score (nSPS) is 24.3. The Kier molecular flexibility index (Phi) is 7.73. The fraction of sp³-hybridized carbons (Fsp3) is 0.632. The monoisotopic (exact) mass is 654 g/mol. The molecule has 5 heterocycles. The van der Waals surface area contributed by atoms with Gasteiger partial charge >= 0.3 is 6.09 Å². The SMILES string of the molecule is CC(C)n1cnc2cc(-c3ccc4c(c3)N(C3CC(N5CCCCC5)C3)C(=O)C43CCN(C(=O)OC(C)(C)C)CC3)nc(OC3CC3)c21. The number of carbonyl (C=O) groups is 2. The van der Waals surface area contributed by atoms with E-state index in [0.29, 0.717) is 37.9 Å². The van der Waals surface area contributed by atoms with Gasteiger partial charge in [-0.2, -0.15) is 0 Å². The molecule has 0 atom stereocenters. The highest BCUT2D eigenvalue weighted by Crippen LogP contribution is 2.52. The lowest BCUT2D eigenvalue weighted by molar-refractivity contribution is -0.126. The number of imidazole rings is 1. The molecule has 3 aromatic rings. The third-order valence-corrected chi connectivity index (χ3v) is 11.2. The summed E-state index contributed by atoms with van der Waals surface area (Å²) >= 11 is 0. The minimum atomic E-state index is -0.643. The molecule has 4 fully saturated rings. The summed E-state index contributed by atoms with van der Waals surface area (Å²) in [5.74, 6) is 0.830. The second-order valence-corrected chi connectivity index (χ2v) is 16.1. The molecule has 5 aliphatic rings. The van der Waals surface area contributed by atoms with Gasteiger partial charge < -0.3 is 28.7 Å². The third kappa shape index (κ3) is 5.53. The molecule has 1 spiro atoms. The van der Waals surface area contributed by atoms with E-state index >= 15 is 0 Å². The predicted molar refractivity (Wildman–Crippen MR) is 185 cm³/mol. The maximum absolute atomic E-state index is 14.8. The molecule has 2 saturated carbocycles. The molecule has 0 unspecified atom stereocenters. The fourth-order valence-corrected chi connectivity index (χ4v) is 8.34. The van der Waals surface area contributed by atoms with Gasteiger partial charge in [0.05, 0.1) is 23.0 Å². The molecule has 48 heavy (non-hydrogen) atoms. The standard InChI is InChI=1S/C38H50N6O4/c1-24(2)43-23-39-31-22-30(40-34(33(31)43)47-28-10-11-28)25-9-12-29-32(19-25)44(27-20-26(21-27)41-15-7-6-8-16-41)35(45)38(29)13-17-42(18-14-38)36(46)48-37(3,4)5/h9,12,19,22-24,26-28H,6-8,10-11,13-18,20-21H2,1-5H3. The van der Waals surface area contributed by atoms with Crippen molar-refractivity contribution in [2.45, 2.75) is 128 Å². The van der Waals surface area contributed by atoms with Crippen molar-refractivity contribution in [3.8, 4) is 17.1 Å². The number of fused-ring (bicyclic) bond motifs is 3. The molecule has 256 valence electrons. The second kappa shape index (κ2) is 11.7. The largest absolute Gasteiger partial charge is 0.473 e. The number of carbonyl (C=O) groups excluding carboxylic acids is 2. The number of likely N-dealkylation sites (tertiary alicyclic amines) is 2. The van der Waals surface area contributed by atoms with Crippen LogP contribution >= 0.6 is 0 Å². The van der Waals surface area contributed by atoms with E-state index in [0.717, 1.165) is 59.2 Å². The third-order valence-electron chi connectivity index (χ3n) is 11.2. The molecule has 0 radical (unpaired) electrons. The smallest absolute Gasteiger partial charge is 0.410 e. The van der Waals surface area contributed by atoms with Crippen molar-refractivity contribution < 1.29 is 19.1 Å². The van der Waals surface area contributed by atoms with Gasteiger partial charge in [-0.3, -0.25) is 4.79 Å². The number of hydrogen-bond donors (Lipinski definition) is 0. The van der Waals surface area contributed by atoms with Gasteiger partial charge in [-0.05, 0) is 117 Å². The molecule has 0 bridgehead atoms. The van der Waals surface area contributed by atoms with E-state index in [2.05, 4.69) is 52.5 Å². The number of hydrogen-bond acceptors (Lipinski definition) is 7. The van der Waals surface area contributed by atoms with Crippen LogP contribution in [-0.4, -0.2) is 86.3 Å². The molecule has 1 aromatic carbocycles. The summed E-state index contributed by atoms with van der Waals surface area (Å²) in [4.78, 5) is 44.1. The molecule has 3 aliphatic heterocycles. The van der Waals surface area contributed by atoms with E-state index in [9.17, 15) is 9.59 Å². The van der Waals surface area contributed by atoms with Gasteiger partial charge in [0.1, 0.15) is 17.2 Å². The Morgan fingerprint density at radius 3 is 2.38 bits per heavy atom. The zero-order valence-corrected chi connectivity index (χ0v) is 29.2. The maximum atomic E-state index is 14.8. The number of piperidine rings is 2. The number of pyridine rings is 1. The number of nitrogens with zero attached hydrogens (tertiary/aromatic N) is 6. The first kappa shape index (κ1) is 31.6. The van der Waals surface area contributed by atoms with Gasteiger partial charge in [0.2, 0.25) is 11.8 Å². The van der Waals surface area contributed by atoms with Crippen molar-refractivity contribution in [1.29, 1.82) is 0 Å². The van der Waals surface area contributed by atoms with E-state index in [4.69, 9.17) is 19.4 Å². The van der Waals surface area contributed by atoms with E-state index < -0.39 is 11.0 Å². The Morgan fingerprint density at radius 2 is 1.71 bits per heavy atom. The van der Waals surface area contributed by atoms with Crippen molar-refractivity contribution in [2.75, 3.05) is 31.1 Å². The summed E-state index contributed by atoms with van der Waals surface area (Å²) in [6.07, 6.45) is 10.9. The molecule has 2 amide bonds. The zero-order chi connectivity index (χ0) is 33.4.